The van der Waals surface area contributed by atoms with Crippen LogP contribution in [0.5, 0.6) is 0 Å². The zero-order valence-corrected chi connectivity index (χ0v) is 13.8. The number of nitrogens with zero attached hydrogens (tertiary/aromatic N) is 2. The summed E-state index contributed by atoms with van der Waals surface area (Å²) in [5.41, 5.74) is 5.92. The van der Waals surface area contributed by atoms with Gasteiger partial charge in [0.2, 0.25) is 5.60 Å². The average Bonchev–Trinajstić information content (AvgIpc) is 3.13. The molecular formula is C17H12FN3O3S. The normalized spacial score (nSPS) is 14.6. The van der Waals surface area contributed by atoms with E-state index in [0.29, 0.717) is 21.2 Å². The molecule has 4 rings (SSSR count). The van der Waals surface area contributed by atoms with Crippen LogP contribution in [0, 0.1) is 12.7 Å². The van der Waals surface area contributed by atoms with Gasteiger partial charge >= 0.3 is 5.97 Å². The number of carbonyl (C=O) groups excluding carboxylic acids is 2. The van der Waals surface area contributed by atoms with Crippen molar-refractivity contribution >= 4 is 28.2 Å². The number of halogens is 1. The molecule has 0 atom stereocenters. The van der Waals surface area contributed by atoms with Crippen LogP contribution in [0.4, 0.5) is 4.39 Å². The summed E-state index contributed by atoms with van der Waals surface area (Å²) < 4.78 is 20.0. The molecule has 0 saturated carbocycles. The minimum atomic E-state index is -1.39. The Morgan fingerprint density at radius 3 is 2.52 bits per heavy atom. The van der Waals surface area contributed by atoms with Crippen molar-refractivity contribution in [1.82, 2.24) is 9.38 Å². The van der Waals surface area contributed by atoms with Gasteiger partial charge in [0.15, 0.2) is 4.96 Å². The van der Waals surface area contributed by atoms with Crippen LogP contribution in [0.2, 0.25) is 0 Å². The standard InChI is InChI=1S/C17H12FN3O3S/c1-9-13(14(22)24-17(6-7-17)15(19)23)25-16-20-12(8-21(9)16)10-2-4-11(18)5-3-10/h2-8H,1H3,(H2,19,23). The van der Waals surface area contributed by atoms with E-state index in [2.05, 4.69) is 4.98 Å². The van der Waals surface area contributed by atoms with Crippen LogP contribution >= 0.6 is 11.3 Å². The fourth-order valence-electron chi connectivity index (χ4n) is 2.46. The number of nitrogens with two attached hydrogens (primary N) is 1. The predicted molar refractivity (Wildman–Crippen MR) is 89.7 cm³/mol. The van der Waals surface area contributed by atoms with Gasteiger partial charge in [0.05, 0.1) is 5.69 Å². The Kier molecular flexibility index (Phi) is 3.26. The van der Waals surface area contributed by atoms with E-state index in [-0.39, 0.29) is 5.82 Å². The number of aryl methyl sites for hydroxylation is 1. The molecule has 0 unspecified atom stereocenters. The van der Waals surface area contributed by atoms with E-state index in [1.54, 1.807) is 29.7 Å². The molecule has 6 nitrogen and oxygen atoms in total. The zero-order valence-electron chi connectivity index (χ0n) is 13.0. The highest BCUT2D eigenvalue weighted by Gasteiger charge is 2.45. The van der Waals surface area contributed by atoms with E-state index < -0.39 is 17.5 Å². The number of carbonyl (C=O) groups is 2. The molecule has 0 bridgehead atoms. The minimum Gasteiger partial charge on any atom is -0.436 e. The first kappa shape index (κ1) is 15.5. The summed E-state index contributed by atoms with van der Waals surface area (Å²) in [6, 6.07) is 6.01. The topological polar surface area (TPSA) is 86.7 Å². The van der Waals surface area contributed by atoms with Gasteiger partial charge in [0.1, 0.15) is 10.7 Å². The molecule has 2 heterocycles. The van der Waals surface area contributed by atoms with Crippen molar-refractivity contribution in [3.05, 3.63) is 59.0 Å². The molecule has 1 amide bonds. The molecule has 1 aliphatic rings. The second-order valence-corrected chi connectivity index (χ2v) is 6.66. The van der Waals surface area contributed by atoms with Crippen molar-refractivity contribution in [2.75, 3.05) is 0 Å². The average molecular weight is 357 g/mol. The number of aromatic nitrogens is 2. The lowest BCUT2D eigenvalue weighted by molar-refractivity contribution is -0.127. The van der Waals surface area contributed by atoms with Gasteiger partial charge in [-0.15, -0.1) is 0 Å². The Labute approximate surface area is 145 Å². The molecule has 2 aromatic heterocycles. The molecule has 126 valence electrons. The molecule has 1 aliphatic carbocycles. The number of primary amides is 1. The summed E-state index contributed by atoms with van der Waals surface area (Å²) in [6.45, 7) is 1.76. The lowest BCUT2D eigenvalue weighted by Gasteiger charge is -2.12. The molecule has 1 aromatic carbocycles. The number of benzene rings is 1. The zero-order chi connectivity index (χ0) is 17.8. The van der Waals surface area contributed by atoms with Crippen molar-refractivity contribution in [2.45, 2.75) is 12.5 Å². The number of rotatable bonds is 4. The Hall–Kier alpha value is -3.00. The number of amides is 1. The number of hydrogen-bond acceptors (Lipinski definition) is 5. The third-order valence-electron chi connectivity index (χ3n) is 4.00. The molecule has 2 N–H and O–H groups in total. The van der Waals surface area contributed by atoms with E-state index in [4.69, 9.17) is 10.5 Å². The maximum atomic E-state index is 13.0. The summed E-state index contributed by atoms with van der Waals surface area (Å²) in [4.78, 5) is 29.1. The van der Waals surface area contributed by atoms with Gasteiger partial charge in [-0.25, -0.2) is 14.2 Å². The van der Waals surface area contributed by atoms with Gasteiger partial charge < -0.3 is 10.5 Å². The van der Waals surface area contributed by atoms with Crippen molar-refractivity contribution < 1.29 is 18.7 Å². The summed E-state index contributed by atoms with van der Waals surface area (Å²) in [5, 5.41) is 0. The van der Waals surface area contributed by atoms with E-state index in [1.807, 2.05) is 0 Å². The maximum Gasteiger partial charge on any atom is 0.351 e. The van der Waals surface area contributed by atoms with E-state index in [1.165, 1.54) is 24.3 Å². The van der Waals surface area contributed by atoms with Gasteiger partial charge in [0.25, 0.3) is 5.91 Å². The van der Waals surface area contributed by atoms with E-state index >= 15 is 0 Å². The van der Waals surface area contributed by atoms with Crippen LogP contribution in [0.3, 0.4) is 0 Å². The monoisotopic (exact) mass is 357 g/mol. The summed E-state index contributed by atoms with van der Waals surface area (Å²) in [7, 11) is 0. The van der Waals surface area contributed by atoms with Gasteiger partial charge in [-0.3, -0.25) is 9.20 Å². The third kappa shape index (κ3) is 2.51. The smallest absolute Gasteiger partial charge is 0.351 e. The Bertz CT molecular complexity index is 1040. The lowest BCUT2D eigenvalue weighted by atomic mass is 10.2. The second-order valence-electron chi connectivity index (χ2n) is 5.68. The first-order valence-corrected chi connectivity index (χ1v) is 8.19. The summed E-state index contributed by atoms with van der Waals surface area (Å²) in [6.07, 6.45) is 4.65. The number of ether oxygens (including phenoxy) is 1. The molecule has 0 saturated heterocycles. The van der Waals surface area contributed by atoms with Gasteiger partial charge in [-0.05, 0) is 43.3 Å². The van der Waals surface area contributed by atoms with Crippen molar-refractivity contribution in [3.63, 3.8) is 0 Å². The van der Waals surface area contributed by atoms with Gasteiger partial charge in [-0.1, -0.05) is 11.3 Å². The van der Waals surface area contributed by atoms with Crippen molar-refractivity contribution in [2.24, 2.45) is 5.73 Å². The number of imidazole rings is 1. The minimum absolute atomic E-state index is 0.317. The van der Waals surface area contributed by atoms with E-state index in [0.717, 1.165) is 16.9 Å². The first-order chi connectivity index (χ1) is 11.9. The summed E-state index contributed by atoms with van der Waals surface area (Å²) >= 11 is 1.15. The van der Waals surface area contributed by atoms with Gasteiger partial charge in [-0.2, -0.15) is 0 Å². The fraction of sp³-hybridized carbons (Fsp3) is 0.118. The SMILES string of the molecule is Cc1c(C(=O)OC2(C(N)=O)C=C2)sc2nc(-c3ccc(F)cc3)cn12. The lowest BCUT2D eigenvalue weighted by Crippen LogP contribution is -2.36. The molecule has 0 fully saturated rings. The Balaban J connectivity index is 1.65. The number of hydrogen-bond donors (Lipinski definition) is 1. The Morgan fingerprint density at radius 2 is 1.96 bits per heavy atom. The quantitative estimate of drug-likeness (QED) is 0.574. The third-order valence-corrected chi connectivity index (χ3v) is 5.14. The highest BCUT2D eigenvalue weighted by Crippen LogP contribution is 2.32. The second kappa shape index (κ2) is 5.25. The Morgan fingerprint density at radius 1 is 1.28 bits per heavy atom. The highest BCUT2D eigenvalue weighted by molar-refractivity contribution is 7.19. The van der Waals surface area contributed by atoms with Gasteiger partial charge in [0, 0.05) is 17.5 Å². The molecule has 0 spiro atoms. The van der Waals surface area contributed by atoms with Crippen molar-refractivity contribution in [1.29, 1.82) is 0 Å². The molecule has 3 aromatic rings. The van der Waals surface area contributed by atoms with Crippen LogP contribution in [-0.4, -0.2) is 26.9 Å². The first-order valence-electron chi connectivity index (χ1n) is 7.38. The maximum absolute atomic E-state index is 13.0. The molecular weight excluding hydrogens is 345 g/mol. The van der Waals surface area contributed by atoms with Crippen LogP contribution < -0.4 is 5.73 Å². The predicted octanol–water partition coefficient (Wildman–Crippen LogP) is 2.46. The van der Waals surface area contributed by atoms with Crippen molar-refractivity contribution in [3.8, 4) is 11.3 Å². The molecule has 8 heteroatoms. The van der Waals surface area contributed by atoms with Crippen LogP contribution in [0.25, 0.3) is 16.2 Å². The highest BCUT2D eigenvalue weighted by atomic mass is 32.1. The fourth-order valence-corrected chi connectivity index (χ4v) is 3.44. The molecule has 0 aliphatic heterocycles. The van der Waals surface area contributed by atoms with Crippen LogP contribution in [0.1, 0.15) is 15.4 Å². The molecule has 25 heavy (non-hydrogen) atoms. The van der Waals surface area contributed by atoms with Crippen LogP contribution in [-0.2, 0) is 9.53 Å². The number of esters is 1. The number of thiazole rings is 1. The van der Waals surface area contributed by atoms with Crippen LogP contribution in [0.15, 0.2) is 42.6 Å². The molecule has 0 radical (unpaired) electrons. The largest absolute Gasteiger partial charge is 0.436 e. The van der Waals surface area contributed by atoms with E-state index in [9.17, 15) is 14.0 Å². The summed E-state index contributed by atoms with van der Waals surface area (Å²) in [5.74, 6) is -1.67. The number of fused-ring (bicyclic) bond motifs is 1.